The molecule has 106 valence electrons. The number of benzene rings is 1. The highest BCUT2D eigenvalue weighted by Crippen LogP contribution is 2.25. The number of sulfonamides is 1. The fourth-order valence-corrected chi connectivity index (χ4v) is 4.08. The monoisotopic (exact) mass is 282 g/mol. The zero-order valence-corrected chi connectivity index (χ0v) is 12.1. The fraction of sp³-hybridized carbons (Fsp3) is 0.571. The second kappa shape index (κ2) is 5.92. The molecular weight excluding hydrogens is 260 g/mol. The van der Waals surface area contributed by atoms with Gasteiger partial charge in [-0.1, -0.05) is 31.4 Å². The van der Waals surface area contributed by atoms with Crippen LogP contribution >= 0.6 is 0 Å². The Bertz CT molecular complexity index is 520. The summed E-state index contributed by atoms with van der Waals surface area (Å²) in [5, 5.41) is -0.250. The summed E-state index contributed by atoms with van der Waals surface area (Å²) in [4.78, 5) is 0. The van der Waals surface area contributed by atoms with E-state index in [0.29, 0.717) is 5.69 Å². The van der Waals surface area contributed by atoms with Gasteiger partial charge in [0.15, 0.2) is 0 Å². The molecule has 19 heavy (non-hydrogen) atoms. The molecular formula is C14H22N2O2S. The van der Waals surface area contributed by atoms with E-state index in [1.807, 2.05) is 25.1 Å². The maximum Gasteiger partial charge on any atom is 0.235 e. The maximum atomic E-state index is 12.3. The Hall–Kier alpha value is -1.07. The summed E-state index contributed by atoms with van der Waals surface area (Å²) in [6.07, 6.45) is 4.69. The number of hydrogen-bond acceptors (Lipinski definition) is 3. The zero-order valence-electron chi connectivity index (χ0n) is 11.3. The summed E-state index contributed by atoms with van der Waals surface area (Å²) in [6.45, 7) is 1.88. The van der Waals surface area contributed by atoms with Gasteiger partial charge in [-0.3, -0.25) is 4.72 Å². The van der Waals surface area contributed by atoms with Crippen molar-refractivity contribution in [2.45, 2.75) is 50.3 Å². The lowest BCUT2D eigenvalue weighted by Gasteiger charge is -2.22. The Labute approximate surface area is 115 Å². The molecule has 1 aromatic rings. The third-order valence-corrected chi connectivity index (χ3v) is 5.53. The van der Waals surface area contributed by atoms with Crippen molar-refractivity contribution < 1.29 is 8.42 Å². The van der Waals surface area contributed by atoms with Gasteiger partial charge in [0.2, 0.25) is 10.0 Å². The van der Waals surface area contributed by atoms with Crippen molar-refractivity contribution >= 4 is 15.7 Å². The molecule has 1 saturated carbocycles. The van der Waals surface area contributed by atoms with E-state index in [2.05, 4.69) is 4.72 Å². The number of nitrogens with two attached hydrogens (primary N) is 1. The smallest absolute Gasteiger partial charge is 0.235 e. The maximum absolute atomic E-state index is 12.3. The fourth-order valence-electron chi connectivity index (χ4n) is 2.51. The Kier molecular flexibility index (Phi) is 4.47. The van der Waals surface area contributed by atoms with E-state index in [4.69, 9.17) is 5.73 Å². The van der Waals surface area contributed by atoms with Crippen molar-refractivity contribution in [1.29, 1.82) is 0 Å². The first-order chi connectivity index (χ1) is 8.99. The van der Waals surface area contributed by atoms with Crippen LogP contribution in [0.25, 0.3) is 0 Å². The van der Waals surface area contributed by atoms with Gasteiger partial charge in [0, 0.05) is 11.7 Å². The van der Waals surface area contributed by atoms with Gasteiger partial charge in [-0.2, -0.15) is 0 Å². The van der Waals surface area contributed by atoms with Gasteiger partial charge in [0.05, 0.1) is 5.25 Å². The molecule has 0 aromatic heterocycles. The van der Waals surface area contributed by atoms with Gasteiger partial charge >= 0.3 is 0 Å². The first kappa shape index (κ1) is 14.3. The topological polar surface area (TPSA) is 72.2 Å². The van der Waals surface area contributed by atoms with Crippen molar-refractivity contribution in [2.24, 2.45) is 5.73 Å². The summed E-state index contributed by atoms with van der Waals surface area (Å²) in [7, 11) is -3.27. The highest BCUT2D eigenvalue weighted by Gasteiger charge is 2.27. The van der Waals surface area contributed by atoms with Crippen LogP contribution < -0.4 is 10.5 Å². The van der Waals surface area contributed by atoms with Gasteiger partial charge in [-0.25, -0.2) is 8.42 Å². The molecule has 0 saturated heterocycles. The van der Waals surface area contributed by atoms with Crippen molar-refractivity contribution in [3.8, 4) is 0 Å². The first-order valence-corrected chi connectivity index (χ1v) is 8.41. The quantitative estimate of drug-likeness (QED) is 0.892. The summed E-state index contributed by atoms with van der Waals surface area (Å²) >= 11 is 0. The van der Waals surface area contributed by atoms with Gasteiger partial charge in [-0.05, 0) is 37.5 Å². The molecule has 2 rings (SSSR count). The first-order valence-electron chi connectivity index (χ1n) is 6.86. The van der Waals surface area contributed by atoms with Crippen LogP contribution in [0.2, 0.25) is 0 Å². The molecule has 0 bridgehead atoms. The van der Waals surface area contributed by atoms with Crippen LogP contribution in [0.15, 0.2) is 24.3 Å². The molecule has 1 aliphatic carbocycles. The molecule has 4 nitrogen and oxygen atoms in total. The molecule has 3 N–H and O–H groups in total. The average molecular weight is 282 g/mol. The van der Waals surface area contributed by atoms with E-state index in [1.54, 1.807) is 6.07 Å². The van der Waals surface area contributed by atoms with E-state index < -0.39 is 10.0 Å². The van der Waals surface area contributed by atoms with Crippen LogP contribution in [0.1, 0.15) is 50.6 Å². The molecule has 0 radical (unpaired) electrons. The molecule has 0 heterocycles. The lowest BCUT2D eigenvalue weighted by atomic mass is 10.0. The van der Waals surface area contributed by atoms with E-state index in [1.165, 1.54) is 0 Å². The van der Waals surface area contributed by atoms with E-state index in [-0.39, 0.29) is 11.3 Å². The summed E-state index contributed by atoms with van der Waals surface area (Å²) in [5.74, 6) is 0. The molecule has 1 unspecified atom stereocenters. The van der Waals surface area contributed by atoms with Crippen LogP contribution in [0.4, 0.5) is 5.69 Å². The minimum Gasteiger partial charge on any atom is -0.324 e. The predicted octanol–water partition coefficient (Wildman–Crippen LogP) is 2.78. The summed E-state index contributed by atoms with van der Waals surface area (Å²) in [5.41, 5.74) is 7.36. The van der Waals surface area contributed by atoms with Crippen LogP contribution in [0.5, 0.6) is 0 Å². The Balaban J connectivity index is 2.13. The second-order valence-electron chi connectivity index (χ2n) is 5.32. The molecule has 5 heteroatoms. The van der Waals surface area contributed by atoms with E-state index in [0.717, 1.165) is 37.7 Å². The Morgan fingerprint density at radius 1 is 1.26 bits per heavy atom. The number of rotatable bonds is 4. The lowest BCUT2D eigenvalue weighted by molar-refractivity contribution is 0.486. The minimum absolute atomic E-state index is 0.0980. The summed E-state index contributed by atoms with van der Waals surface area (Å²) in [6, 6.07) is 7.22. The standard InChI is InChI=1S/C14H22N2O2S/c1-11(15)12-6-5-7-13(10-12)16-19(17,18)14-8-3-2-4-9-14/h5-7,10-11,14,16H,2-4,8-9,15H2,1H3. The predicted molar refractivity (Wildman–Crippen MR) is 78.5 cm³/mol. The Morgan fingerprint density at radius 2 is 1.95 bits per heavy atom. The molecule has 1 fully saturated rings. The largest absolute Gasteiger partial charge is 0.324 e. The summed E-state index contributed by atoms with van der Waals surface area (Å²) < 4.78 is 27.3. The van der Waals surface area contributed by atoms with Crippen molar-refractivity contribution in [3.05, 3.63) is 29.8 Å². The van der Waals surface area contributed by atoms with Crippen LogP contribution in [0.3, 0.4) is 0 Å². The third-order valence-electron chi connectivity index (χ3n) is 3.66. The number of hydrogen-bond donors (Lipinski definition) is 2. The van der Waals surface area contributed by atoms with Crippen LogP contribution in [-0.2, 0) is 10.0 Å². The molecule has 1 atom stereocenters. The Morgan fingerprint density at radius 3 is 2.58 bits per heavy atom. The van der Waals surface area contributed by atoms with Crippen LogP contribution in [-0.4, -0.2) is 13.7 Å². The van der Waals surface area contributed by atoms with Crippen LogP contribution in [0, 0.1) is 0 Å². The number of anilines is 1. The van der Waals surface area contributed by atoms with Crippen molar-refractivity contribution in [1.82, 2.24) is 0 Å². The van der Waals surface area contributed by atoms with Gasteiger partial charge < -0.3 is 5.73 Å². The third kappa shape index (κ3) is 3.70. The second-order valence-corrected chi connectivity index (χ2v) is 7.28. The normalized spacial score (nSPS) is 19.1. The molecule has 0 spiro atoms. The average Bonchev–Trinajstić information content (AvgIpc) is 2.39. The molecule has 0 amide bonds. The number of nitrogens with one attached hydrogen (secondary N) is 1. The van der Waals surface area contributed by atoms with E-state index in [9.17, 15) is 8.42 Å². The highest BCUT2D eigenvalue weighted by molar-refractivity contribution is 7.93. The van der Waals surface area contributed by atoms with Gasteiger partial charge in [-0.15, -0.1) is 0 Å². The lowest BCUT2D eigenvalue weighted by Crippen LogP contribution is -2.29. The van der Waals surface area contributed by atoms with Crippen molar-refractivity contribution in [2.75, 3.05) is 4.72 Å². The van der Waals surface area contributed by atoms with Gasteiger partial charge in [0.25, 0.3) is 0 Å². The minimum atomic E-state index is -3.27. The SMILES string of the molecule is CC(N)c1cccc(NS(=O)(=O)C2CCCCC2)c1. The highest BCUT2D eigenvalue weighted by atomic mass is 32.2. The molecule has 0 aliphatic heterocycles. The molecule has 1 aromatic carbocycles. The zero-order chi connectivity index (χ0) is 13.9. The van der Waals surface area contributed by atoms with Crippen molar-refractivity contribution in [3.63, 3.8) is 0 Å². The van der Waals surface area contributed by atoms with Gasteiger partial charge in [0.1, 0.15) is 0 Å². The molecule has 1 aliphatic rings. The van der Waals surface area contributed by atoms with E-state index >= 15 is 0 Å².